The summed E-state index contributed by atoms with van der Waals surface area (Å²) in [5.41, 5.74) is 5.01. The van der Waals surface area contributed by atoms with Crippen LogP contribution >= 0.6 is 0 Å². The molecule has 0 amide bonds. The van der Waals surface area contributed by atoms with Crippen molar-refractivity contribution in [1.29, 1.82) is 0 Å². The molecule has 1 atom stereocenters. The fourth-order valence-corrected chi connectivity index (χ4v) is 2.43. The van der Waals surface area contributed by atoms with E-state index in [-0.39, 0.29) is 0 Å². The molecule has 1 aromatic rings. The summed E-state index contributed by atoms with van der Waals surface area (Å²) < 4.78 is 5.41. The molecule has 0 spiro atoms. The zero-order chi connectivity index (χ0) is 14.4. The molecule has 0 heterocycles. The Bertz CT molecular complexity index is 416. The highest BCUT2D eigenvalue weighted by atomic mass is 16.5. The minimum atomic E-state index is 0.659. The first-order valence-corrected chi connectivity index (χ1v) is 7.08. The topological polar surface area (TPSA) is 33.3 Å². The van der Waals surface area contributed by atoms with Gasteiger partial charge in [-0.1, -0.05) is 13.3 Å². The predicted molar refractivity (Wildman–Crippen MR) is 83.4 cm³/mol. The van der Waals surface area contributed by atoms with E-state index in [1.54, 1.807) is 7.11 Å². The van der Waals surface area contributed by atoms with Crippen molar-refractivity contribution >= 4 is 5.69 Å². The lowest BCUT2D eigenvalue weighted by Crippen LogP contribution is -2.25. The Morgan fingerprint density at radius 1 is 1.16 bits per heavy atom. The molecule has 1 unspecified atom stereocenters. The second-order valence-electron chi connectivity index (χ2n) is 5.23. The zero-order valence-electron chi connectivity index (χ0n) is 13.2. The molecule has 0 fully saturated rings. The molecule has 108 valence electrons. The van der Waals surface area contributed by atoms with Crippen molar-refractivity contribution < 1.29 is 4.74 Å². The van der Waals surface area contributed by atoms with Crippen LogP contribution in [0.5, 0.6) is 5.75 Å². The number of aryl methyl sites for hydroxylation is 1. The van der Waals surface area contributed by atoms with E-state index in [0.717, 1.165) is 18.8 Å². The highest BCUT2D eigenvalue weighted by Gasteiger charge is 2.12. The van der Waals surface area contributed by atoms with Crippen LogP contribution < -0.4 is 15.4 Å². The number of nitrogens with one attached hydrogen (secondary N) is 2. The van der Waals surface area contributed by atoms with Gasteiger partial charge in [0.2, 0.25) is 0 Å². The van der Waals surface area contributed by atoms with E-state index in [2.05, 4.69) is 44.4 Å². The maximum absolute atomic E-state index is 5.41. The highest BCUT2D eigenvalue weighted by Crippen LogP contribution is 2.31. The van der Waals surface area contributed by atoms with Gasteiger partial charge >= 0.3 is 0 Å². The van der Waals surface area contributed by atoms with Gasteiger partial charge in [0.15, 0.2) is 0 Å². The predicted octanol–water partition coefficient (Wildman–Crippen LogP) is 3.28. The zero-order valence-corrected chi connectivity index (χ0v) is 13.2. The highest BCUT2D eigenvalue weighted by molar-refractivity contribution is 5.63. The molecule has 0 aliphatic heterocycles. The normalized spacial score (nSPS) is 12.3. The SMILES string of the molecule is CCC(CNC)CNc1c(C)cc(OC)c(C)c1C. The molecular weight excluding hydrogens is 236 g/mol. The molecule has 3 heteroatoms. The Labute approximate surface area is 117 Å². The first kappa shape index (κ1) is 15.8. The van der Waals surface area contributed by atoms with Crippen molar-refractivity contribution in [3.05, 3.63) is 22.8 Å². The molecular formula is C16H28N2O. The summed E-state index contributed by atoms with van der Waals surface area (Å²) in [6, 6.07) is 2.11. The lowest BCUT2D eigenvalue weighted by Gasteiger charge is -2.21. The number of hydrogen-bond acceptors (Lipinski definition) is 3. The number of rotatable bonds is 7. The van der Waals surface area contributed by atoms with E-state index >= 15 is 0 Å². The van der Waals surface area contributed by atoms with Crippen LogP contribution in [0.1, 0.15) is 30.0 Å². The lowest BCUT2D eigenvalue weighted by atomic mass is 10.0. The third kappa shape index (κ3) is 3.87. The Hall–Kier alpha value is -1.22. The van der Waals surface area contributed by atoms with E-state index in [0.29, 0.717) is 5.92 Å². The summed E-state index contributed by atoms with van der Waals surface area (Å²) in [4.78, 5) is 0. The number of anilines is 1. The van der Waals surface area contributed by atoms with Crippen LogP contribution in [0.25, 0.3) is 0 Å². The van der Waals surface area contributed by atoms with Gasteiger partial charge in [0.05, 0.1) is 7.11 Å². The Balaban J connectivity index is 2.87. The van der Waals surface area contributed by atoms with Crippen LogP contribution in [-0.4, -0.2) is 27.2 Å². The average molecular weight is 264 g/mol. The summed E-state index contributed by atoms with van der Waals surface area (Å²) in [6.45, 7) is 10.7. The minimum Gasteiger partial charge on any atom is -0.496 e. The third-order valence-corrected chi connectivity index (χ3v) is 3.91. The maximum Gasteiger partial charge on any atom is 0.122 e. The van der Waals surface area contributed by atoms with E-state index in [1.165, 1.54) is 28.8 Å². The van der Waals surface area contributed by atoms with Crippen molar-refractivity contribution in [2.75, 3.05) is 32.6 Å². The fraction of sp³-hybridized carbons (Fsp3) is 0.625. The molecule has 0 radical (unpaired) electrons. The number of hydrogen-bond donors (Lipinski definition) is 2. The van der Waals surface area contributed by atoms with Gasteiger partial charge in [0.25, 0.3) is 0 Å². The quantitative estimate of drug-likeness (QED) is 0.793. The molecule has 0 bridgehead atoms. The van der Waals surface area contributed by atoms with Gasteiger partial charge in [-0.05, 0) is 63.0 Å². The van der Waals surface area contributed by atoms with E-state index < -0.39 is 0 Å². The monoisotopic (exact) mass is 264 g/mol. The van der Waals surface area contributed by atoms with Crippen LogP contribution in [0.15, 0.2) is 6.07 Å². The molecule has 0 aromatic heterocycles. The molecule has 2 N–H and O–H groups in total. The van der Waals surface area contributed by atoms with Crippen molar-refractivity contribution in [2.45, 2.75) is 34.1 Å². The lowest BCUT2D eigenvalue weighted by molar-refractivity contribution is 0.411. The number of methoxy groups -OCH3 is 1. The van der Waals surface area contributed by atoms with Gasteiger partial charge < -0.3 is 15.4 Å². The van der Waals surface area contributed by atoms with Crippen LogP contribution in [0.3, 0.4) is 0 Å². The van der Waals surface area contributed by atoms with Gasteiger partial charge in [0, 0.05) is 12.2 Å². The second kappa shape index (κ2) is 7.39. The summed E-state index contributed by atoms with van der Waals surface area (Å²) in [7, 11) is 3.74. The summed E-state index contributed by atoms with van der Waals surface area (Å²) in [6.07, 6.45) is 1.18. The Morgan fingerprint density at radius 3 is 2.37 bits per heavy atom. The van der Waals surface area contributed by atoms with Crippen LogP contribution in [0, 0.1) is 26.7 Å². The van der Waals surface area contributed by atoms with Crippen LogP contribution in [0.4, 0.5) is 5.69 Å². The van der Waals surface area contributed by atoms with Crippen LogP contribution in [0.2, 0.25) is 0 Å². The smallest absolute Gasteiger partial charge is 0.122 e. The summed E-state index contributed by atoms with van der Waals surface area (Å²) in [5.74, 6) is 1.63. The maximum atomic E-state index is 5.41. The van der Waals surface area contributed by atoms with Crippen molar-refractivity contribution in [3.8, 4) is 5.75 Å². The molecule has 1 aromatic carbocycles. The second-order valence-corrected chi connectivity index (χ2v) is 5.23. The van der Waals surface area contributed by atoms with Crippen LogP contribution in [-0.2, 0) is 0 Å². The molecule has 0 saturated heterocycles. The first-order valence-electron chi connectivity index (χ1n) is 7.08. The Morgan fingerprint density at radius 2 is 1.84 bits per heavy atom. The van der Waals surface area contributed by atoms with E-state index in [1.807, 2.05) is 7.05 Å². The average Bonchev–Trinajstić information content (AvgIpc) is 2.41. The minimum absolute atomic E-state index is 0.659. The van der Waals surface area contributed by atoms with Gasteiger partial charge in [0.1, 0.15) is 5.75 Å². The standard InChI is InChI=1S/C16H28N2O/c1-7-14(9-17-5)10-18-16-11(2)8-15(19-6)12(3)13(16)4/h8,14,17-18H,7,9-10H2,1-6H3. The van der Waals surface area contributed by atoms with Gasteiger partial charge in [-0.2, -0.15) is 0 Å². The van der Waals surface area contributed by atoms with Gasteiger partial charge in [-0.3, -0.25) is 0 Å². The third-order valence-electron chi connectivity index (χ3n) is 3.91. The Kier molecular flexibility index (Phi) is 6.16. The van der Waals surface area contributed by atoms with Crippen molar-refractivity contribution in [2.24, 2.45) is 5.92 Å². The van der Waals surface area contributed by atoms with E-state index in [4.69, 9.17) is 4.74 Å². The summed E-state index contributed by atoms with van der Waals surface area (Å²) >= 11 is 0. The molecule has 0 aliphatic carbocycles. The molecule has 0 aliphatic rings. The largest absolute Gasteiger partial charge is 0.496 e. The first-order chi connectivity index (χ1) is 9.04. The molecule has 3 nitrogen and oxygen atoms in total. The van der Waals surface area contributed by atoms with Crippen molar-refractivity contribution in [1.82, 2.24) is 5.32 Å². The molecule has 0 saturated carbocycles. The van der Waals surface area contributed by atoms with Crippen molar-refractivity contribution in [3.63, 3.8) is 0 Å². The number of benzene rings is 1. The summed E-state index contributed by atoms with van der Waals surface area (Å²) in [5, 5.41) is 6.87. The van der Waals surface area contributed by atoms with Gasteiger partial charge in [-0.15, -0.1) is 0 Å². The molecule has 1 rings (SSSR count). The molecule has 19 heavy (non-hydrogen) atoms. The number of ether oxygens (including phenoxy) is 1. The van der Waals surface area contributed by atoms with E-state index in [9.17, 15) is 0 Å². The van der Waals surface area contributed by atoms with Gasteiger partial charge in [-0.25, -0.2) is 0 Å². The fourth-order valence-electron chi connectivity index (χ4n) is 2.43.